The molecule has 1 saturated heterocycles. The molecule has 1 aliphatic carbocycles. The van der Waals surface area contributed by atoms with Gasteiger partial charge in [-0.2, -0.15) is 22.3 Å². The molecule has 5 heteroatoms. The van der Waals surface area contributed by atoms with Crippen molar-refractivity contribution in [1.82, 2.24) is 0 Å². The SMILES string of the molecule is N#CC1(C#N)C(C(=O)c2ccc(F)cc2)C12CCSC2. The van der Waals surface area contributed by atoms with E-state index < -0.39 is 22.6 Å². The van der Waals surface area contributed by atoms with Crippen LogP contribution in [0.4, 0.5) is 4.39 Å². The molecule has 1 spiro atoms. The highest BCUT2D eigenvalue weighted by molar-refractivity contribution is 7.99. The number of hydrogen-bond acceptors (Lipinski definition) is 4. The average Bonchev–Trinajstić information content (AvgIpc) is 2.75. The quantitative estimate of drug-likeness (QED) is 0.784. The van der Waals surface area contributed by atoms with Gasteiger partial charge in [-0.05, 0) is 36.4 Å². The van der Waals surface area contributed by atoms with E-state index in [0.29, 0.717) is 11.3 Å². The minimum Gasteiger partial charge on any atom is -0.294 e. The predicted octanol–water partition coefficient (Wildman–Crippen LogP) is 2.80. The van der Waals surface area contributed by atoms with Crippen LogP contribution in [0.3, 0.4) is 0 Å². The topological polar surface area (TPSA) is 64.7 Å². The van der Waals surface area contributed by atoms with Crippen LogP contribution in [-0.2, 0) is 0 Å². The summed E-state index contributed by atoms with van der Waals surface area (Å²) in [5.41, 5.74) is -1.34. The van der Waals surface area contributed by atoms with Crippen LogP contribution in [0.2, 0.25) is 0 Å². The summed E-state index contributed by atoms with van der Waals surface area (Å²) >= 11 is 1.68. The van der Waals surface area contributed by atoms with Gasteiger partial charge in [0.1, 0.15) is 5.82 Å². The summed E-state index contributed by atoms with van der Waals surface area (Å²) in [6, 6.07) is 9.46. The first-order valence-corrected chi connectivity index (χ1v) is 7.47. The van der Waals surface area contributed by atoms with Gasteiger partial charge in [-0.25, -0.2) is 4.39 Å². The Labute approximate surface area is 120 Å². The number of benzene rings is 1. The lowest BCUT2D eigenvalue weighted by Crippen LogP contribution is -2.11. The van der Waals surface area contributed by atoms with Crippen LogP contribution >= 0.6 is 11.8 Å². The van der Waals surface area contributed by atoms with Gasteiger partial charge < -0.3 is 0 Å². The molecule has 1 aromatic carbocycles. The molecule has 0 N–H and O–H groups in total. The maximum Gasteiger partial charge on any atom is 0.169 e. The minimum absolute atomic E-state index is 0.212. The van der Waals surface area contributed by atoms with E-state index in [1.54, 1.807) is 11.8 Å². The molecule has 20 heavy (non-hydrogen) atoms. The van der Waals surface area contributed by atoms with E-state index in [1.807, 2.05) is 0 Å². The number of rotatable bonds is 2. The third-order valence-electron chi connectivity index (χ3n) is 4.48. The smallest absolute Gasteiger partial charge is 0.169 e. The molecule has 2 aliphatic rings. The summed E-state index contributed by atoms with van der Waals surface area (Å²) in [6.45, 7) is 0. The van der Waals surface area contributed by atoms with E-state index >= 15 is 0 Å². The van der Waals surface area contributed by atoms with Crippen LogP contribution < -0.4 is 0 Å². The molecule has 1 aliphatic heterocycles. The van der Waals surface area contributed by atoms with Gasteiger partial charge in [0, 0.05) is 16.7 Å². The van der Waals surface area contributed by atoms with E-state index in [4.69, 9.17) is 0 Å². The zero-order chi connectivity index (χ0) is 14.4. The summed E-state index contributed by atoms with van der Waals surface area (Å²) in [5, 5.41) is 18.8. The number of carbonyl (C=O) groups is 1. The summed E-state index contributed by atoms with van der Waals surface area (Å²) in [4.78, 5) is 12.6. The number of thioether (sulfide) groups is 1. The number of nitriles is 2. The second-order valence-electron chi connectivity index (χ2n) is 5.29. The molecule has 1 heterocycles. The lowest BCUT2D eigenvalue weighted by atomic mass is 9.94. The molecule has 0 bridgehead atoms. The number of nitrogens with zero attached hydrogens (tertiary/aromatic N) is 2. The maximum absolute atomic E-state index is 12.9. The van der Waals surface area contributed by atoms with Crippen molar-refractivity contribution in [3.8, 4) is 12.1 Å². The van der Waals surface area contributed by atoms with E-state index in [1.165, 1.54) is 24.3 Å². The number of carbonyl (C=O) groups excluding carboxylic acids is 1. The molecule has 1 aromatic rings. The standard InChI is InChI=1S/C15H11FN2OS/c16-11-3-1-10(2-4-11)12(19)13-14(5-6-20-9-14)15(13,7-17)8-18/h1-4,13H,5-6,9H2. The minimum atomic E-state index is -1.21. The van der Waals surface area contributed by atoms with Gasteiger partial charge in [-0.15, -0.1) is 0 Å². The van der Waals surface area contributed by atoms with Crippen LogP contribution in [0.25, 0.3) is 0 Å². The van der Waals surface area contributed by atoms with Crippen molar-refractivity contribution < 1.29 is 9.18 Å². The first-order chi connectivity index (χ1) is 9.61. The van der Waals surface area contributed by atoms with Crippen LogP contribution in [0, 0.1) is 45.2 Å². The summed E-state index contributed by atoms with van der Waals surface area (Å²) in [7, 11) is 0. The van der Waals surface area contributed by atoms with Crippen LogP contribution in [0.1, 0.15) is 16.8 Å². The third-order valence-corrected chi connectivity index (χ3v) is 5.70. The van der Waals surface area contributed by atoms with Crippen molar-refractivity contribution in [3.05, 3.63) is 35.6 Å². The molecule has 3 rings (SSSR count). The third kappa shape index (κ3) is 1.47. The Morgan fingerprint density at radius 1 is 1.30 bits per heavy atom. The second-order valence-corrected chi connectivity index (χ2v) is 6.40. The molecule has 2 fully saturated rings. The van der Waals surface area contributed by atoms with Crippen molar-refractivity contribution in [2.75, 3.05) is 11.5 Å². The maximum atomic E-state index is 12.9. The van der Waals surface area contributed by atoms with Crippen LogP contribution in [0.5, 0.6) is 0 Å². The Bertz CT molecular complexity index is 636. The number of hydrogen-bond donors (Lipinski definition) is 0. The van der Waals surface area contributed by atoms with Crippen molar-refractivity contribution in [2.45, 2.75) is 6.42 Å². The summed E-state index contributed by atoms with van der Waals surface area (Å²) in [6.07, 6.45) is 0.719. The highest BCUT2D eigenvalue weighted by Crippen LogP contribution is 2.74. The monoisotopic (exact) mass is 286 g/mol. The molecular weight excluding hydrogens is 275 g/mol. The van der Waals surface area contributed by atoms with Crippen molar-refractivity contribution in [1.29, 1.82) is 10.5 Å². The van der Waals surface area contributed by atoms with Crippen LogP contribution in [0.15, 0.2) is 24.3 Å². The van der Waals surface area contributed by atoms with Crippen molar-refractivity contribution in [2.24, 2.45) is 16.7 Å². The average molecular weight is 286 g/mol. The van der Waals surface area contributed by atoms with Gasteiger partial charge in [-0.3, -0.25) is 4.79 Å². The first-order valence-electron chi connectivity index (χ1n) is 6.31. The molecule has 2 unspecified atom stereocenters. The van der Waals surface area contributed by atoms with Gasteiger partial charge in [-0.1, -0.05) is 0 Å². The van der Waals surface area contributed by atoms with Gasteiger partial charge in [0.25, 0.3) is 0 Å². The van der Waals surface area contributed by atoms with Crippen LogP contribution in [-0.4, -0.2) is 17.3 Å². The highest BCUT2D eigenvalue weighted by atomic mass is 32.2. The molecule has 3 nitrogen and oxygen atoms in total. The normalized spacial score (nSPS) is 29.6. The lowest BCUT2D eigenvalue weighted by Gasteiger charge is -2.06. The molecule has 0 aromatic heterocycles. The van der Waals surface area contributed by atoms with Gasteiger partial charge >= 0.3 is 0 Å². The highest BCUT2D eigenvalue weighted by Gasteiger charge is 2.81. The van der Waals surface area contributed by atoms with Gasteiger partial charge in [0.15, 0.2) is 11.2 Å². The lowest BCUT2D eigenvalue weighted by molar-refractivity contribution is 0.0947. The predicted molar refractivity (Wildman–Crippen MR) is 72.3 cm³/mol. The molecule has 0 amide bonds. The molecular formula is C15H11FN2OS. The molecule has 2 atom stereocenters. The van der Waals surface area contributed by atoms with Crippen molar-refractivity contribution in [3.63, 3.8) is 0 Å². The second kappa shape index (κ2) is 4.33. The van der Waals surface area contributed by atoms with Gasteiger partial charge in [0.05, 0.1) is 18.1 Å². The molecule has 100 valence electrons. The largest absolute Gasteiger partial charge is 0.294 e. The van der Waals surface area contributed by atoms with Gasteiger partial charge in [0.2, 0.25) is 0 Å². The van der Waals surface area contributed by atoms with Crippen molar-refractivity contribution >= 4 is 17.5 Å². The number of halogens is 1. The first kappa shape index (κ1) is 13.1. The molecule has 0 radical (unpaired) electrons. The Morgan fingerprint density at radius 3 is 2.45 bits per heavy atom. The number of Topliss-reactive ketones (excluding diaryl/α,β-unsaturated/α-hetero) is 1. The Morgan fingerprint density at radius 2 is 1.95 bits per heavy atom. The van der Waals surface area contributed by atoms with E-state index in [9.17, 15) is 19.7 Å². The fourth-order valence-corrected chi connectivity index (χ4v) is 4.87. The Balaban J connectivity index is 1.98. The number of ketones is 1. The summed E-state index contributed by atoms with van der Waals surface area (Å²) < 4.78 is 12.9. The Hall–Kier alpha value is -1.85. The fourth-order valence-electron chi connectivity index (χ4n) is 3.32. The summed E-state index contributed by atoms with van der Waals surface area (Å²) in [5.74, 6) is 0.348. The van der Waals surface area contributed by atoms with E-state index in [0.717, 1.165) is 12.2 Å². The Kier molecular flexibility index (Phi) is 2.84. The fraction of sp³-hybridized carbons (Fsp3) is 0.400. The zero-order valence-corrected chi connectivity index (χ0v) is 11.4. The molecule has 1 saturated carbocycles. The zero-order valence-electron chi connectivity index (χ0n) is 10.6. The van der Waals surface area contributed by atoms with E-state index in [2.05, 4.69) is 12.1 Å². The van der Waals surface area contributed by atoms with E-state index in [-0.39, 0.29) is 5.78 Å².